The zero-order chi connectivity index (χ0) is 9.23. The Morgan fingerprint density at radius 3 is 2.50 bits per heavy atom. The second kappa shape index (κ2) is 8.79. The molecule has 0 rings (SSSR count). The molecule has 0 amide bonds. The Hall–Kier alpha value is -0.300. The quantitative estimate of drug-likeness (QED) is 0.456. The van der Waals surface area contributed by atoms with E-state index in [1.165, 1.54) is 37.8 Å². The van der Waals surface area contributed by atoms with Crippen molar-refractivity contribution in [1.82, 2.24) is 5.32 Å². The third-order valence-electron chi connectivity index (χ3n) is 1.86. The Morgan fingerprint density at radius 1 is 1.17 bits per heavy atom. The molecule has 1 nitrogen and oxygen atoms in total. The number of hydrogen-bond donors (Lipinski definition) is 1. The molecule has 1 heteroatoms. The van der Waals surface area contributed by atoms with E-state index >= 15 is 0 Å². The van der Waals surface area contributed by atoms with Crippen molar-refractivity contribution >= 4 is 0 Å². The minimum absolute atomic E-state index is 1.04. The van der Waals surface area contributed by atoms with Crippen LogP contribution in [0.3, 0.4) is 0 Å². The zero-order valence-electron chi connectivity index (χ0n) is 8.82. The number of unbranched alkanes of at least 4 members (excludes halogenated alkanes) is 3. The third-order valence-corrected chi connectivity index (χ3v) is 1.86. The first kappa shape index (κ1) is 11.7. The summed E-state index contributed by atoms with van der Waals surface area (Å²) in [6, 6.07) is 0. The molecule has 0 fully saturated rings. The van der Waals surface area contributed by atoms with Gasteiger partial charge in [-0.1, -0.05) is 37.8 Å². The molecule has 0 aromatic heterocycles. The van der Waals surface area contributed by atoms with Crippen LogP contribution in [0.2, 0.25) is 0 Å². The molecule has 0 radical (unpaired) electrons. The highest BCUT2D eigenvalue weighted by Gasteiger charge is 1.86. The smallest absolute Gasteiger partial charge is 0.0137 e. The van der Waals surface area contributed by atoms with Gasteiger partial charge in [-0.05, 0) is 26.8 Å². The normalized spacial score (nSPS) is 9.92. The van der Waals surface area contributed by atoms with E-state index in [0.717, 1.165) is 6.54 Å². The van der Waals surface area contributed by atoms with E-state index in [-0.39, 0.29) is 0 Å². The second-order valence-corrected chi connectivity index (χ2v) is 3.55. The van der Waals surface area contributed by atoms with Crippen LogP contribution in [0.5, 0.6) is 0 Å². The Labute approximate surface area is 77.2 Å². The standard InChI is InChI=1S/C11H23N/c1-4-5-6-7-9-12-10-8-11(2)3/h8,12H,4-7,9-10H2,1-3H3. The monoisotopic (exact) mass is 169 g/mol. The summed E-state index contributed by atoms with van der Waals surface area (Å²) >= 11 is 0. The van der Waals surface area contributed by atoms with Crippen LogP contribution in [0.25, 0.3) is 0 Å². The molecule has 0 aromatic carbocycles. The van der Waals surface area contributed by atoms with Gasteiger partial charge < -0.3 is 5.32 Å². The van der Waals surface area contributed by atoms with Crippen LogP contribution in [0.15, 0.2) is 11.6 Å². The highest BCUT2D eigenvalue weighted by molar-refractivity contribution is 4.94. The average molecular weight is 169 g/mol. The number of hydrogen-bond acceptors (Lipinski definition) is 1. The molecular weight excluding hydrogens is 146 g/mol. The maximum absolute atomic E-state index is 3.40. The second-order valence-electron chi connectivity index (χ2n) is 3.55. The van der Waals surface area contributed by atoms with Crippen LogP contribution in [-0.4, -0.2) is 13.1 Å². The third kappa shape index (κ3) is 9.70. The van der Waals surface area contributed by atoms with Gasteiger partial charge in [-0.2, -0.15) is 0 Å². The molecule has 0 saturated heterocycles. The summed E-state index contributed by atoms with van der Waals surface area (Å²) in [5, 5.41) is 3.40. The lowest BCUT2D eigenvalue weighted by atomic mass is 10.2. The van der Waals surface area contributed by atoms with Gasteiger partial charge in [0.05, 0.1) is 0 Å². The predicted octanol–water partition coefficient (Wildman–Crippen LogP) is 3.12. The van der Waals surface area contributed by atoms with Crippen LogP contribution in [0.4, 0.5) is 0 Å². The van der Waals surface area contributed by atoms with Crippen molar-refractivity contribution in [2.24, 2.45) is 0 Å². The molecule has 12 heavy (non-hydrogen) atoms. The molecule has 1 N–H and O–H groups in total. The highest BCUT2D eigenvalue weighted by Crippen LogP contribution is 1.96. The van der Waals surface area contributed by atoms with E-state index in [9.17, 15) is 0 Å². The molecule has 0 saturated carbocycles. The molecular formula is C11H23N. The van der Waals surface area contributed by atoms with Crippen LogP contribution in [-0.2, 0) is 0 Å². The molecule has 72 valence electrons. The van der Waals surface area contributed by atoms with Gasteiger partial charge in [-0.25, -0.2) is 0 Å². The van der Waals surface area contributed by atoms with Crippen molar-refractivity contribution in [2.75, 3.05) is 13.1 Å². The summed E-state index contributed by atoms with van der Waals surface area (Å²) in [6.07, 6.45) is 7.64. The van der Waals surface area contributed by atoms with Crippen LogP contribution >= 0.6 is 0 Å². The lowest BCUT2D eigenvalue weighted by Gasteiger charge is -2.00. The van der Waals surface area contributed by atoms with Gasteiger partial charge in [0.25, 0.3) is 0 Å². The lowest BCUT2D eigenvalue weighted by molar-refractivity contribution is 0.620. The van der Waals surface area contributed by atoms with Gasteiger partial charge in [-0.15, -0.1) is 0 Å². The van der Waals surface area contributed by atoms with Gasteiger partial charge >= 0.3 is 0 Å². The van der Waals surface area contributed by atoms with Crippen molar-refractivity contribution in [3.05, 3.63) is 11.6 Å². The maximum Gasteiger partial charge on any atom is 0.0137 e. The topological polar surface area (TPSA) is 12.0 Å². The molecule has 0 bridgehead atoms. The summed E-state index contributed by atoms with van der Waals surface area (Å²) in [5.41, 5.74) is 1.40. The minimum atomic E-state index is 1.04. The van der Waals surface area contributed by atoms with Crippen molar-refractivity contribution < 1.29 is 0 Å². The number of rotatable bonds is 7. The Balaban J connectivity index is 2.96. The van der Waals surface area contributed by atoms with Crippen molar-refractivity contribution in [3.8, 4) is 0 Å². The van der Waals surface area contributed by atoms with Crippen molar-refractivity contribution in [1.29, 1.82) is 0 Å². The Kier molecular flexibility index (Phi) is 8.57. The van der Waals surface area contributed by atoms with Crippen LogP contribution < -0.4 is 5.32 Å². The molecule has 0 spiro atoms. The molecule has 0 aliphatic heterocycles. The molecule has 0 heterocycles. The molecule has 0 atom stereocenters. The van der Waals surface area contributed by atoms with E-state index in [0.29, 0.717) is 0 Å². The summed E-state index contributed by atoms with van der Waals surface area (Å²) in [7, 11) is 0. The van der Waals surface area contributed by atoms with Gasteiger partial charge in [0, 0.05) is 6.54 Å². The lowest BCUT2D eigenvalue weighted by Crippen LogP contribution is -2.15. The van der Waals surface area contributed by atoms with Gasteiger partial charge in [0.2, 0.25) is 0 Å². The molecule has 0 aromatic rings. The highest BCUT2D eigenvalue weighted by atomic mass is 14.8. The van der Waals surface area contributed by atoms with Crippen molar-refractivity contribution in [2.45, 2.75) is 46.5 Å². The van der Waals surface area contributed by atoms with Crippen molar-refractivity contribution in [3.63, 3.8) is 0 Å². The van der Waals surface area contributed by atoms with Gasteiger partial charge in [0.15, 0.2) is 0 Å². The Morgan fingerprint density at radius 2 is 1.92 bits per heavy atom. The van der Waals surface area contributed by atoms with E-state index in [1.807, 2.05) is 0 Å². The fourth-order valence-corrected chi connectivity index (χ4v) is 1.06. The summed E-state index contributed by atoms with van der Waals surface area (Å²) < 4.78 is 0. The van der Waals surface area contributed by atoms with Gasteiger partial charge in [0.1, 0.15) is 0 Å². The summed E-state index contributed by atoms with van der Waals surface area (Å²) in [5.74, 6) is 0. The SMILES string of the molecule is CCCCCCNCC=C(C)C. The molecule has 0 aliphatic carbocycles. The van der Waals surface area contributed by atoms with E-state index < -0.39 is 0 Å². The van der Waals surface area contributed by atoms with E-state index in [2.05, 4.69) is 32.2 Å². The number of nitrogens with one attached hydrogen (secondary N) is 1. The predicted molar refractivity (Wildman–Crippen MR) is 56.4 cm³/mol. The summed E-state index contributed by atoms with van der Waals surface area (Å²) in [4.78, 5) is 0. The minimum Gasteiger partial charge on any atom is -0.313 e. The van der Waals surface area contributed by atoms with E-state index in [4.69, 9.17) is 0 Å². The number of allylic oxidation sites excluding steroid dienone is 1. The summed E-state index contributed by atoms with van der Waals surface area (Å²) in [6.45, 7) is 8.73. The maximum atomic E-state index is 3.40. The first-order chi connectivity index (χ1) is 5.77. The molecule has 0 unspecified atom stereocenters. The molecule has 0 aliphatic rings. The van der Waals surface area contributed by atoms with Crippen LogP contribution in [0.1, 0.15) is 46.5 Å². The van der Waals surface area contributed by atoms with Crippen LogP contribution in [0, 0.1) is 0 Å². The van der Waals surface area contributed by atoms with Gasteiger partial charge in [-0.3, -0.25) is 0 Å². The van der Waals surface area contributed by atoms with E-state index in [1.54, 1.807) is 0 Å². The fourth-order valence-electron chi connectivity index (χ4n) is 1.06. The zero-order valence-corrected chi connectivity index (χ0v) is 8.82. The Bertz CT molecular complexity index is 112. The largest absolute Gasteiger partial charge is 0.313 e. The first-order valence-electron chi connectivity index (χ1n) is 5.11. The fraction of sp³-hybridized carbons (Fsp3) is 0.818. The first-order valence-corrected chi connectivity index (χ1v) is 5.11. The average Bonchev–Trinajstić information content (AvgIpc) is 2.02.